The molecule has 0 radical (unpaired) electrons. The fourth-order valence-corrected chi connectivity index (χ4v) is 4.93. The lowest BCUT2D eigenvalue weighted by atomic mass is 9.95. The number of aromatic nitrogens is 2. The van der Waals surface area contributed by atoms with Crippen LogP contribution in [0.2, 0.25) is 0 Å². The molecule has 0 aromatic carbocycles. The van der Waals surface area contributed by atoms with Crippen LogP contribution in [0.1, 0.15) is 41.8 Å². The van der Waals surface area contributed by atoms with E-state index < -0.39 is 0 Å². The molecule has 0 atom stereocenters. The fraction of sp³-hybridized carbons (Fsp3) is 0.600. The van der Waals surface area contributed by atoms with E-state index in [0.29, 0.717) is 10.8 Å². The maximum Gasteiger partial charge on any atom is 0.254 e. The second-order valence-corrected chi connectivity index (χ2v) is 8.84. The molecule has 2 aromatic rings. The molecule has 28 heavy (non-hydrogen) atoms. The van der Waals surface area contributed by atoms with Crippen molar-refractivity contribution in [1.29, 1.82) is 0 Å². The molecule has 0 spiro atoms. The highest BCUT2D eigenvalue weighted by molar-refractivity contribution is 7.99. The van der Waals surface area contributed by atoms with Crippen LogP contribution in [0.3, 0.4) is 0 Å². The Hall–Kier alpha value is -1.77. The molecule has 3 heterocycles. The minimum Gasteiger partial charge on any atom is -0.467 e. The standard InChI is InChI=1S/C20H28N4O3S/c1-23-7-6-21-20(23)28-18-4-2-16(3-5-18)22-19(25)15-12-17(27-14-15)13-24-8-10-26-11-9-24/h6-7,12,14,16,18H,2-5,8-11,13H2,1H3,(H,22,25). The molecular weight excluding hydrogens is 376 g/mol. The first-order valence-electron chi connectivity index (χ1n) is 10.00. The summed E-state index contributed by atoms with van der Waals surface area (Å²) in [6.45, 7) is 4.06. The van der Waals surface area contributed by atoms with Gasteiger partial charge in [-0.25, -0.2) is 4.98 Å². The Balaban J connectivity index is 1.23. The normalized spacial score (nSPS) is 23.6. The molecule has 1 aliphatic carbocycles. The van der Waals surface area contributed by atoms with Gasteiger partial charge >= 0.3 is 0 Å². The Morgan fingerprint density at radius 2 is 2.07 bits per heavy atom. The van der Waals surface area contributed by atoms with Crippen LogP contribution in [0.15, 0.2) is 34.3 Å². The van der Waals surface area contributed by atoms with E-state index in [9.17, 15) is 4.79 Å². The van der Waals surface area contributed by atoms with Crippen molar-refractivity contribution in [1.82, 2.24) is 19.8 Å². The number of carbonyl (C=O) groups is 1. The molecule has 2 aliphatic rings. The lowest BCUT2D eigenvalue weighted by Crippen LogP contribution is -2.38. The summed E-state index contributed by atoms with van der Waals surface area (Å²) in [5.74, 6) is 0.805. The minimum absolute atomic E-state index is 0.0304. The Kier molecular flexibility index (Phi) is 6.39. The van der Waals surface area contributed by atoms with E-state index in [4.69, 9.17) is 9.15 Å². The Morgan fingerprint density at radius 1 is 1.29 bits per heavy atom. The molecule has 0 bridgehead atoms. The van der Waals surface area contributed by atoms with Crippen molar-refractivity contribution in [3.63, 3.8) is 0 Å². The Morgan fingerprint density at radius 3 is 2.79 bits per heavy atom. The number of aryl methyl sites for hydroxylation is 1. The van der Waals surface area contributed by atoms with Gasteiger partial charge in [0.2, 0.25) is 0 Å². The van der Waals surface area contributed by atoms with Gasteiger partial charge in [-0.3, -0.25) is 9.69 Å². The predicted octanol–water partition coefficient (Wildman–Crippen LogP) is 2.68. The molecule has 8 heteroatoms. The van der Waals surface area contributed by atoms with E-state index in [0.717, 1.165) is 69.4 Å². The van der Waals surface area contributed by atoms with Crippen molar-refractivity contribution in [2.45, 2.75) is 48.7 Å². The van der Waals surface area contributed by atoms with Crippen molar-refractivity contribution >= 4 is 17.7 Å². The topological polar surface area (TPSA) is 72.5 Å². The summed E-state index contributed by atoms with van der Waals surface area (Å²) in [6, 6.07) is 2.11. The molecule has 1 amide bonds. The number of nitrogens with one attached hydrogen (secondary N) is 1. The van der Waals surface area contributed by atoms with Crippen molar-refractivity contribution in [3.05, 3.63) is 36.0 Å². The summed E-state index contributed by atoms with van der Waals surface area (Å²) < 4.78 is 13.0. The number of nitrogens with zero attached hydrogens (tertiary/aromatic N) is 3. The van der Waals surface area contributed by atoms with Gasteiger partial charge in [-0.15, -0.1) is 0 Å². The number of thioether (sulfide) groups is 1. The molecule has 152 valence electrons. The highest BCUT2D eigenvalue weighted by Crippen LogP contribution is 2.32. The van der Waals surface area contributed by atoms with E-state index in [1.54, 1.807) is 6.26 Å². The van der Waals surface area contributed by atoms with Gasteiger partial charge in [-0.1, -0.05) is 11.8 Å². The third kappa shape index (κ3) is 4.98. The van der Waals surface area contributed by atoms with Crippen molar-refractivity contribution in [3.8, 4) is 0 Å². The molecule has 4 rings (SSSR count). The monoisotopic (exact) mass is 404 g/mol. The highest BCUT2D eigenvalue weighted by Gasteiger charge is 2.25. The second kappa shape index (κ2) is 9.15. The van der Waals surface area contributed by atoms with Crippen molar-refractivity contribution < 1.29 is 13.9 Å². The van der Waals surface area contributed by atoms with Gasteiger partial charge in [0.25, 0.3) is 5.91 Å². The third-order valence-corrected chi connectivity index (χ3v) is 6.87. The van der Waals surface area contributed by atoms with Gasteiger partial charge < -0.3 is 19.0 Å². The van der Waals surface area contributed by atoms with Crippen LogP contribution in [0.25, 0.3) is 0 Å². The summed E-state index contributed by atoms with van der Waals surface area (Å²) in [7, 11) is 2.03. The second-order valence-electron chi connectivity index (χ2n) is 7.58. The number of furan rings is 1. The van der Waals surface area contributed by atoms with E-state index >= 15 is 0 Å². The minimum atomic E-state index is -0.0304. The van der Waals surface area contributed by atoms with E-state index in [2.05, 4.69) is 19.8 Å². The van der Waals surface area contributed by atoms with Gasteiger partial charge in [0.05, 0.1) is 25.3 Å². The summed E-state index contributed by atoms with van der Waals surface area (Å²) in [5, 5.41) is 4.82. The average Bonchev–Trinajstić information content (AvgIpc) is 3.34. The number of imidazole rings is 1. The smallest absolute Gasteiger partial charge is 0.254 e. The zero-order valence-corrected chi connectivity index (χ0v) is 17.1. The fourth-order valence-electron chi connectivity index (χ4n) is 3.77. The van der Waals surface area contributed by atoms with E-state index in [-0.39, 0.29) is 11.9 Å². The largest absolute Gasteiger partial charge is 0.467 e. The van der Waals surface area contributed by atoms with E-state index in [1.807, 2.05) is 37.3 Å². The van der Waals surface area contributed by atoms with Gasteiger partial charge in [0.15, 0.2) is 5.16 Å². The number of ether oxygens (including phenoxy) is 1. The van der Waals surface area contributed by atoms with Crippen LogP contribution < -0.4 is 5.32 Å². The molecule has 0 unspecified atom stereocenters. The van der Waals surface area contributed by atoms with Crippen LogP contribution >= 0.6 is 11.8 Å². The van der Waals surface area contributed by atoms with E-state index in [1.165, 1.54) is 0 Å². The summed E-state index contributed by atoms with van der Waals surface area (Å²) in [6.07, 6.45) is 9.59. The molecule has 2 fully saturated rings. The number of carbonyl (C=O) groups excluding carboxylic acids is 1. The lowest BCUT2D eigenvalue weighted by molar-refractivity contribution is 0.0313. The molecule has 2 aromatic heterocycles. The van der Waals surface area contributed by atoms with Crippen LogP contribution in [-0.4, -0.2) is 58.0 Å². The molecule has 1 saturated heterocycles. The molecule has 7 nitrogen and oxygen atoms in total. The first-order chi connectivity index (χ1) is 13.7. The van der Waals surface area contributed by atoms with Crippen LogP contribution in [0.5, 0.6) is 0 Å². The first kappa shape index (κ1) is 19.5. The highest BCUT2D eigenvalue weighted by atomic mass is 32.2. The number of rotatable bonds is 6. The Bertz CT molecular complexity index is 776. The number of amides is 1. The first-order valence-corrected chi connectivity index (χ1v) is 10.9. The van der Waals surface area contributed by atoms with Gasteiger partial charge in [-0.2, -0.15) is 0 Å². The third-order valence-electron chi connectivity index (χ3n) is 5.46. The Labute approximate surface area is 169 Å². The zero-order valence-electron chi connectivity index (χ0n) is 16.3. The van der Waals surface area contributed by atoms with Gasteiger partial charge in [0, 0.05) is 43.8 Å². The number of hydrogen-bond donors (Lipinski definition) is 1. The average molecular weight is 405 g/mol. The predicted molar refractivity (Wildman–Crippen MR) is 107 cm³/mol. The lowest BCUT2D eigenvalue weighted by Gasteiger charge is -2.28. The molecule has 1 saturated carbocycles. The van der Waals surface area contributed by atoms with Crippen molar-refractivity contribution in [2.24, 2.45) is 7.05 Å². The van der Waals surface area contributed by atoms with Gasteiger partial charge in [0.1, 0.15) is 12.0 Å². The quantitative estimate of drug-likeness (QED) is 0.798. The van der Waals surface area contributed by atoms with Crippen LogP contribution in [-0.2, 0) is 18.3 Å². The zero-order chi connectivity index (χ0) is 19.3. The maximum absolute atomic E-state index is 12.6. The molecule has 1 N–H and O–H groups in total. The summed E-state index contributed by atoms with van der Waals surface area (Å²) >= 11 is 1.85. The summed E-state index contributed by atoms with van der Waals surface area (Å²) in [4.78, 5) is 19.3. The maximum atomic E-state index is 12.6. The van der Waals surface area contributed by atoms with Crippen LogP contribution in [0, 0.1) is 0 Å². The van der Waals surface area contributed by atoms with Crippen LogP contribution in [0.4, 0.5) is 0 Å². The molecule has 1 aliphatic heterocycles. The number of hydrogen-bond acceptors (Lipinski definition) is 6. The van der Waals surface area contributed by atoms with Crippen molar-refractivity contribution in [2.75, 3.05) is 26.3 Å². The number of morpholine rings is 1. The summed E-state index contributed by atoms with van der Waals surface area (Å²) in [5.41, 5.74) is 0.618. The SMILES string of the molecule is Cn1ccnc1SC1CCC(NC(=O)c2coc(CN3CCOCC3)c2)CC1. The molecular formula is C20H28N4O3S. The van der Waals surface area contributed by atoms with Gasteiger partial charge in [-0.05, 0) is 31.7 Å².